The zero-order valence-corrected chi connectivity index (χ0v) is 20.7. The minimum atomic E-state index is -1.55. The van der Waals surface area contributed by atoms with Crippen LogP contribution in [0, 0.1) is 0 Å². The van der Waals surface area contributed by atoms with Crippen LogP contribution in [0.1, 0.15) is 24.5 Å². The molecule has 12 nitrogen and oxygen atoms in total. The summed E-state index contributed by atoms with van der Waals surface area (Å²) >= 11 is 0. The van der Waals surface area contributed by atoms with Gasteiger partial charge in [0.2, 0.25) is 17.7 Å². The van der Waals surface area contributed by atoms with Gasteiger partial charge in [-0.05, 0) is 18.1 Å². The van der Waals surface area contributed by atoms with Crippen LogP contribution in [0.25, 0.3) is 0 Å². The van der Waals surface area contributed by atoms with Crippen molar-refractivity contribution >= 4 is 29.7 Å². The molecular formula is C26H32N4O8. The number of nitrogens with one attached hydrogen (secondary N) is 3. The third kappa shape index (κ3) is 9.64. The van der Waals surface area contributed by atoms with Crippen molar-refractivity contribution in [2.24, 2.45) is 5.73 Å². The Hall–Kier alpha value is -4.29. The van der Waals surface area contributed by atoms with Gasteiger partial charge in [-0.15, -0.1) is 0 Å². The van der Waals surface area contributed by atoms with E-state index in [0.717, 1.165) is 0 Å². The van der Waals surface area contributed by atoms with E-state index in [2.05, 4.69) is 16.0 Å². The molecule has 0 bridgehead atoms. The summed E-state index contributed by atoms with van der Waals surface area (Å²) in [4.78, 5) is 61.2. The summed E-state index contributed by atoms with van der Waals surface area (Å²) in [6.07, 6.45) is -2.15. The lowest BCUT2D eigenvalue weighted by atomic mass is 10.0. The van der Waals surface area contributed by atoms with Gasteiger partial charge < -0.3 is 37.0 Å². The molecule has 5 atom stereocenters. The average Bonchev–Trinajstić information content (AvgIpc) is 2.86. The maximum Gasteiger partial charge on any atom is 0.326 e. The quantitative estimate of drug-likeness (QED) is 0.163. The van der Waals surface area contributed by atoms with Crippen LogP contribution in [0.2, 0.25) is 0 Å². The molecule has 5 unspecified atom stereocenters. The van der Waals surface area contributed by atoms with Crippen molar-refractivity contribution in [3.63, 3.8) is 0 Å². The van der Waals surface area contributed by atoms with E-state index in [1.807, 2.05) is 0 Å². The summed E-state index contributed by atoms with van der Waals surface area (Å²) in [5, 5.41) is 35.8. The Labute approximate surface area is 219 Å². The van der Waals surface area contributed by atoms with Gasteiger partial charge in [0.15, 0.2) is 0 Å². The highest BCUT2D eigenvalue weighted by Crippen LogP contribution is 2.07. The third-order valence-electron chi connectivity index (χ3n) is 5.61. The lowest BCUT2D eigenvalue weighted by Crippen LogP contribution is -2.60. The minimum Gasteiger partial charge on any atom is -0.481 e. The molecule has 0 aromatic heterocycles. The number of amides is 3. The number of aliphatic carboxylic acids is 2. The summed E-state index contributed by atoms with van der Waals surface area (Å²) in [5.74, 6) is -5.30. The highest BCUT2D eigenvalue weighted by Gasteiger charge is 2.33. The summed E-state index contributed by atoms with van der Waals surface area (Å²) < 4.78 is 0. The number of carbonyl (C=O) groups is 5. The second-order valence-electron chi connectivity index (χ2n) is 8.77. The molecule has 204 valence electrons. The molecule has 0 heterocycles. The Balaban J connectivity index is 2.19. The number of hydrogen-bond acceptors (Lipinski definition) is 7. The van der Waals surface area contributed by atoms with E-state index in [1.54, 1.807) is 60.7 Å². The second-order valence-corrected chi connectivity index (χ2v) is 8.77. The first-order chi connectivity index (χ1) is 18.0. The lowest BCUT2D eigenvalue weighted by molar-refractivity contribution is -0.143. The van der Waals surface area contributed by atoms with Crippen LogP contribution in [-0.4, -0.2) is 75.3 Å². The largest absolute Gasteiger partial charge is 0.481 e. The molecular weight excluding hydrogens is 496 g/mol. The molecule has 2 aromatic carbocycles. The number of nitrogens with two attached hydrogens (primary N) is 1. The highest BCUT2D eigenvalue weighted by atomic mass is 16.4. The topological polar surface area (TPSA) is 208 Å². The van der Waals surface area contributed by atoms with Crippen molar-refractivity contribution in [1.29, 1.82) is 0 Å². The molecule has 2 aromatic rings. The van der Waals surface area contributed by atoms with Gasteiger partial charge in [0.25, 0.3) is 0 Å². The van der Waals surface area contributed by atoms with E-state index in [9.17, 15) is 34.2 Å². The van der Waals surface area contributed by atoms with Gasteiger partial charge in [-0.1, -0.05) is 60.7 Å². The summed E-state index contributed by atoms with van der Waals surface area (Å²) in [5.41, 5.74) is 6.92. The van der Waals surface area contributed by atoms with Gasteiger partial charge in [0, 0.05) is 12.8 Å². The Morgan fingerprint density at radius 1 is 0.737 bits per heavy atom. The fraction of sp³-hybridized carbons (Fsp3) is 0.346. The van der Waals surface area contributed by atoms with Gasteiger partial charge in [-0.2, -0.15) is 0 Å². The molecule has 0 saturated heterocycles. The molecule has 0 spiro atoms. The van der Waals surface area contributed by atoms with Crippen LogP contribution in [0.15, 0.2) is 60.7 Å². The Kier molecular flexibility index (Phi) is 11.4. The minimum absolute atomic E-state index is 0.0297. The first kappa shape index (κ1) is 29.9. The van der Waals surface area contributed by atoms with Gasteiger partial charge in [-0.3, -0.25) is 19.2 Å². The van der Waals surface area contributed by atoms with Crippen molar-refractivity contribution in [3.05, 3.63) is 71.8 Å². The molecule has 0 aliphatic heterocycles. The van der Waals surface area contributed by atoms with Crippen LogP contribution in [0.5, 0.6) is 0 Å². The number of aliphatic hydroxyl groups excluding tert-OH is 1. The predicted octanol–water partition coefficient (Wildman–Crippen LogP) is -0.806. The number of rotatable bonds is 14. The first-order valence-electron chi connectivity index (χ1n) is 11.8. The van der Waals surface area contributed by atoms with Crippen LogP contribution in [0.4, 0.5) is 0 Å². The van der Waals surface area contributed by atoms with Gasteiger partial charge in [-0.25, -0.2) is 4.79 Å². The van der Waals surface area contributed by atoms with Crippen LogP contribution in [-0.2, 0) is 36.8 Å². The Morgan fingerprint density at radius 3 is 1.66 bits per heavy atom. The number of carbonyl (C=O) groups excluding carboxylic acids is 3. The SMILES string of the molecule is CC(O)C(NC(=O)C(Cc1ccccc1)NC(=O)C(N)CC(=O)O)C(=O)NC(Cc1ccccc1)C(=O)O. The maximum absolute atomic E-state index is 13.2. The van der Waals surface area contributed by atoms with Crippen LogP contribution < -0.4 is 21.7 Å². The molecule has 12 heteroatoms. The molecule has 0 radical (unpaired) electrons. The van der Waals surface area contributed by atoms with Crippen molar-refractivity contribution in [1.82, 2.24) is 16.0 Å². The Morgan fingerprint density at radius 2 is 1.21 bits per heavy atom. The smallest absolute Gasteiger partial charge is 0.326 e. The maximum atomic E-state index is 13.2. The second kappa shape index (κ2) is 14.4. The number of carboxylic acids is 2. The van der Waals surface area contributed by atoms with Gasteiger partial charge >= 0.3 is 11.9 Å². The lowest BCUT2D eigenvalue weighted by Gasteiger charge is -2.26. The van der Waals surface area contributed by atoms with Crippen molar-refractivity contribution < 1.29 is 39.3 Å². The highest BCUT2D eigenvalue weighted by molar-refractivity contribution is 5.95. The zero-order valence-electron chi connectivity index (χ0n) is 20.7. The third-order valence-corrected chi connectivity index (χ3v) is 5.61. The van der Waals surface area contributed by atoms with E-state index < -0.39 is 66.4 Å². The van der Waals surface area contributed by atoms with Crippen LogP contribution in [0.3, 0.4) is 0 Å². The van der Waals surface area contributed by atoms with Crippen molar-refractivity contribution in [2.75, 3.05) is 0 Å². The summed E-state index contributed by atoms with van der Waals surface area (Å²) in [6.45, 7) is 1.24. The molecule has 0 fully saturated rings. The molecule has 3 amide bonds. The van der Waals surface area contributed by atoms with E-state index in [-0.39, 0.29) is 12.8 Å². The number of aliphatic hydroxyl groups is 1. The first-order valence-corrected chi connectivity index (χ1v) is 11.8. The molecule has 8 N–H and O–H groups in total. The standard InChI is InChI=1S/C26H32N4O8/c1-15(31)22(25(36)29-20(26(37)38)13-17-10-6-3-7-11-17)30-24(35)19(12-16-8-4-2-5-9-16)28-23(34)18(27)14-21(32)33/h2-11,15,18-20,22,31H,12-14,27H2,1H3,(H,28,34)(H,29,36)(H,30,35)(H,32,33)(H,37,38). The average molecular weight is 529 g/mol. The predicted molar refractivity (Wildman–Crippen MR) is 136 cm³/mol. The number of benzene rings is 2. The van der Waals surface area contributed by atoms with E-state index in [0.29, 0.717) is 11.1 Å². The van der Waals surface area contributed by atoms with E-state index in [1.165, 1.54) is 6.92 Å². The van der Waals surface area contributed by atoms with Crippen molar-refractivity contribution in [3.8, 4) is 0 Å². The van der Waals surface area contributed by atoms with Gasteiger partial charge in [0.1, 0.15) is 18.1 Å². The van der Waals surface area contributed by atoms with E-state index >= 15 is 0 Å². The monoisotopic (exact) mass is 528 g/mol. The molecule has 38 heavy (non-hydrogen) atoms. The van der Waals surface area contributed by atoms with Crippen molar-refractivity contribution in [2.45, 2.75) is 56.5 Å². The molecule has 0 aliphatic carbocycles. The molecule has 2 rings (SSSR count). The summed E-state index contributed by atoms with van der Waals surface area (Å²) in [6, 6.07) is 11.6. The fourth-order valence-corrected chi connectivity index (χ4v) is 3.59. The van der Waals surface area contributed by atoms with Crippen LogP contribution >= 0.6 is 0 Å². The normalized spacial score (nSPS) is 14.7. The molecule has 0 aliphatic rings. The van der Waals surface area contributed by atoms with E-state index in [4.69, 9.17) is 10.8 Å². The fourth-order valence-electron chi connectivity index (χ4n) is 3.59. The van der Waals surface area contributed by atoms with Gasteiger partial charge in [0.05, 0.1) is 18.6 Å². The number of hydrogen-bond donors (Lipinski definition) is 7. The Bertz CT molecular complexity index is 1110. The number of carboxylic acid groups (broad SMARTS) is 2. The summed E-state index contributed by atoms with van der Waals surface area (Å²) in [7, 11) is 0. The zero-order chi connectivity index (χ0) is 28.2. The molecule has 0 saturated carbocycles.